The number of hydrogen-bond donors (Lipinski definition) is 2. The van der Waals surface area contributed by atoms with Gasteiger partial charge in [0.05, 0.1) is 10.1 Å². The van der Waals surface area contributed by atoms with Crippen LogP contribution in [0.15, 0.2) is 0 Å². The zero-order chi connectivity index (χ0) is 11.6. The van der Waals surface area contributed by atoms with E-state index in [1.807, 2.05) is 0 Å². The van der Waals surface area contributed by atoms with Crippen LogP contribution in [0.2, 0.25) is 0 Å². The number of thiol groups is 2. The first kappa shape index (κ1) is 23.6. The van der Waals surface area contributed by atoms with E-state index in [1.165, 1.54) is 0 Å². The Labute approximate surface area is 150 Å². The van der Waals surface area contributed by atoms with Gasteiger partial charge in [0.15, 0.2) is 0 Å². The van der Waals surface area contributed by atoms with Crippen LogP contribution in [0.3, 0.4) is 0 Å². The molecule has 12 heteroatoms. The molecule has 0 aliphatic carbocycles. The Morgan fingerprint density at radius 3 is 1.62 bits per heavy atom. The molecule has 0 aromatic carbocycles. The van der Waals surface area contributed by atoms with Gasteiger partial charge in [0.1, 0.15) is 13.5 Å². The molecule has 0 fully saturated rings. The van der Waals surface area contributed by atoms with Gasteiger partial charge in [0.25, 0.3) is 0 Å². The minimum absolute atomic E-state index is 0. The average molecular weight is 326 g/mol. The molecule has 0 aliphatic rings. The van der Waals surface area contributed by atoms with Crippen LogP contribution in [0.1, 0.15) is 12.8 Å². The van der Waals surface area contributed by atoms with Crippen LogP contribution in [-0.2, 0) is 20.2 Å². The molecule has 16 heavy (non-hydrogen) atoms. The molecule has 0 aliphatic heterocycles. The Hall–Kier alpha value is 2.52. The second-order valence-electron chi connectivity index (χ2n) is 2.56. The van der Waals surface area contributed by atoms with Crippen molar-refractivity contribution < 1.29 is 85.1 Å². The van der Waals surface area contributed by atoms with E-state index in [-0.39, 0.29) is 65.5 Å². The third-order valence-corrected chi connectivity index (χ3v) is 4.88. The second-order valence-corrected chi connectivity index (χ2v) is 8.18. The van der Waals surface area contributed by atoms with Crippen molar-refractivity contribution >= 4 is 45.5 Å². The summed E-state index contributed by atoms with van der Waals surface area (Å²) in [7, 11) is -9.15. The van der Waals surface area contributed by atoms with Crippen molar-refractivity contribution in [1.29, 1.82) is 0 Å². The quantitative estimate of drug-likeness (QED) is 0.225. The van der Waals surface area contributed by atoms with Crippen LogP contribution >= 0.6 is 25.3 Å². The van der Waals surface area contributed by atoms with E-state index in [4.69, 9.17) is 0 Å². The molecule has 0 N–H and O–H groups in total. The summed E-state index contributed by atoms with van der Waals surface area (Å²) in [5.41, 5.74) is 0. The first-order chi connectivity index (χ1) is 5.96. The predicted molar refractivity (Wildman–Crippen MR) is 54.2 cm³/mol. The Morgan fingerprint density at radius 2 is 1.38 bits per heavy atom. The molecule has 0 atom stereocenters. The molecule has 6 nitrogen and oxygen atoms in total. The van der Waals surface area contributed by atoms with Gasteiger partial charge in [0.2, 0.25) is 0 Å². The maximum Gasteiger partial charge on any atom is 1.00 e. The van der Waals surface area contributed by atoms with E-state index in [0.29, 0.717) is 0 Å². The fraction of sp³-hybridized carbons (Fsp3) is 1.00. The molecule has 0 unspecified atom stereocenters. The maximum atomic E-state index is 10.5. The number of hydrogen-bond acceptors (Lipinski definition) is 8. The van der Waals surface area contributed by atoms with Crippen molar-refractivity contribution in [2.45, 2.75) is 16.3 Å². The van der Waals surface area contributed by atoms with Gasteiger partial charge in [0, 0.05) is 5.75 Å². The van der Waals surface area contributed by atoms with Crippen LogP contribution in [0, 0.1) is 0 Å². The van der Waals surface area contributed by atoms with Gasteiger partial charge in [-0.15, -0.1) is 25.3 Å². The van der Waals surface area contributed by atoms with Crippen LogP contribution in [0.25, 0.3) is 0 Å². The monoisotopic (exact) mass is 326 g/mol. The zero-order valence-corrected chi connectivity index (χ0v) is 16.2. The van der Waals surface area contributed by atoms with E-state index in [0.717, 1.165) is 0 Å². The summed E-state index contributed by atoms with van der Waals surface area (Å²) >= 11 is 6.93. The van der Waals surface area contributed by atoms with Crippen molar-refractivity contribution in [3.63, 3.8) is 0 Å². The van der Waals surface area contributed by atoms with Gasteiger partial charge in [-0.1, -0.05) is 0 Å². The minimum atomic E-state index is -4.74. The summed E-state index contributed by atoms with van der Waals surface area (Å²) in [6, 6.07) is 0. The van der Waals surface area contributed by atoms with Crippen molar-refractivity contribution in [1.82, 2.24) is 0 Å². The summed E-state index contributed by atoms with van der Waals surface area (Å²) in [5.74, 6) is -0.745. The average Bonchev–Trinajstić information content (AvgIpc) is 1.80. The summed E-state index contributed by atoms with van der Waals surface area (Å²) in [5, 5.41) is 0. The molecule has 0 aromatic heterocycles. The van der Waals surface area contributed by atoms with Gasteiger partial charge >= 0.3 is 59.1 Å². The summed E-state index contributed by atoms with van der Waals surface area (Å²) in [4.78, 5) is 0. The molecule has 0 saturated carbocycles. The Bertz CT molecular complexity index is 387. The van der Waals surface area contributed by atoms with Crippen molar-refractivity contribution in [2.75, 3.05) is 5.75 Å². The Balaban J connectivity index is -0.000000845. The number of rotatable bonds is 5. The van der Waals surface area contributed by atoms with Crippen molar-refractivity contribution in [3.8, 4) is 0 Å². The van der Waals surface area contributed by atoms with Gasteiger partial charge in [-0.3, -0.25) is 0 Å². The topological polar surface area (TPSA) is 114 Å². The Kier molecular flexibility index (Phi) is 12.7. The molecule has 0 rings (SSSR count). The molecule has 86 valence electrons. The first-order valence-corrected chi connectivity index (χ1v) is 7.17. The van der Waals surface area contributed by atoms with Gasteiger partial charge in [-0.2, -0.15) is 0 Å². The molecule has 0 saturated heterocycles. The van der Waals surface area contributed by atoms with E-state index < -0.39 is 35.8 Å². The largest absolute Gasteiger partial charge is 1.00 e. The van der Waals surface area contributed by atoms with E-state index in [2.05, 4.69) is 25.3 Å². The normalized spacial score (nSPS) is 12.5. The smallest absolute Gasteiger partial charge is 0.748 e. The summed E-state index contributed by atoms with van der Waals surface area (Å²) in [6.45, 7) is 0. The molecule has 0 heterocycles. The fourth-order valence-corrected chi connectivity index (χ4v) is 1.81. The van der Waals surface area contributed by atoms with E-state index in [9.17, 15) is 25.9 Å². The van der Waals surface area contributed by atoms with Gasteiger partial charge in [-0.25, -0.2) is 16.8 Å². The van der Waals surface area contributed by atoms with Gasteiger partial charge < -0.3 is 9.11 Å². The van der Waals surface area contributed by atoms with Crippen LogP contribution in [-0.4, -0.2) is 35.1 Å². The molecular formula is C4H8Na2O6S4. The SMILES string of the molecule is O=S(=O)([O-])CCCC(S)(S)S(=O)(=O)[O-].[Na+].[Na+]. The molecule has 0 aromatic rings. The Morgan fingerprint density at radius 1 is 1.00 bits per heavy atom. The van der Waals surface area contributed by atoms with Crippen molar-refractivity contribution in [2.24, 2.45) is 0 Å². The zero-order valence-electron chi connectivity index (χ0n) is 8.78. The van der Waals surface area contributed by atoms with Gasteiger partial charge in [-0.05, 0) is 12.8 Å². The predicted octanol–water partition coefficient (Wildman–Crippen LogP) is -6.62. The van der Waals surface area contributed by atoms with Crippen molar-refractivity contribution in [3.05, 3.63) is 0 Å². The first-order valence-electron chi connectivity index (χ1n) is 3.29. The second kappa shape index (κ2) is 8.64. The van der Waals surface area contributed by atoms with E-state index >= 15 is 0 Å². The molecule has 0 radical (unpaired) electrons. The maximum absolute atomic E-state index is 10.5. The summed E-state index contributed by atoms with van der Waals surface area (Å²) < 4.78 is 59.7. The molecular weight excluding hydrogens is 318 g/mol. The molecule has 0 spiro atoms. The molecule has 0 amide bonds. The summed E-state index contributed by atoms with van der Waals surface area (Å²) in [6.07, 6.45) is -0.688. The molecule has 0 bridgehead atoms. The van der Waals surface area contributed by atoms with Crippen LogP contribution in [0.4, 0.5) is 0 Å². The van der Waals surface area contributed by atoms with Crippen LogP contribution < -0.4 is 59.1 Å². The minimum Gasteiger partial charge on any atom is -0.748 e. The third kappa shape index (κ3) is 10.4. The third-order valence-electron chi connectivity index (χ3n) is 1.30. The fourth-order valence-electron chi connectivity index (χ4n) is 0.604. The standard InChI is InChI=1S/C4H10O6S4.2Na/c5-13(6,7)3-1-2-4(11,12)14(8,9)10;;/h11-12H,1-3H2,(H,5,6,7)(H,8,9,10);;/q;2*+1/p-2. The van der Waals surface area contributed by atoms with Crippen LogP contribution in [0.5, 0.6) is 0 Å². The van der Waals surface area contributed by atoms with E-state index in [1.54, 1.807) is 0 Å².